The Morgan fingerprint density at radius 2 is 2.30 bits per heavy atom. The van der Waals surface area contributed by atoms with Crippen molar-refractivity contribution in [1.82, 2.24) is 14.3 Å². The highest BCUT2D eigenvalue weighted by Gasteiger charge is 2.31. The van der Waals surface area contributed by atoms with Crippen molar-refractivity contribution in [2.75, 3.05) is 19.4 Å². The highest BCUT2D eigenvalue weighted by molar-refractivity contribution is 7.89. The van der Waals surface area contributed by atoms with Gasteiger partial charge in [-0.1, -0.05) is 0 Å². The van der Waals surface area contributed by atoms with E-state index < -0.39 is 10.0 Å². The number of hydrogen-bond acceptors (Lipinski definition) is 4. The number of ether oxygens (including phenoxy) is 1. The van der Waals surface area contributed by atoms with Crippen molar-refractivity contribution in [3.05, 3.63) is 18.2 Å². The third-order valence-electron chi connectivity index (χ3n) is 3.72. The Kier molecular flexibility index (Phi) is 4.51. The third kappa shape index (κ3) is 3.80. The maximum absolute atomic E-state index is 11.5. The summed E-state index contributed by atoms with van der Waals surface area (Å²) in [5.74, 6) is 1.36. The second-order valence-corrected chi connectivity index (χ2v) is 7.85. The average Bonchev–Trinajstić information content (AvgIpc) is 2.84. The van der Waals surface area contributed by atoms with E-state index in [-0.39, 0.29) is 11.4 Å². The van der Waals surface area contributed by atoms with Crippen LogP contribution in [0.1, 0.15) is 38.4 Å². The van der Waals surface area contributed by atoms with Gasteiger partial charge in [0, 0.05) is 31.5 Å². The molecule has 2 heterocycles. The molecule has 0 bridgehead atoms. The van der Waals surface area contributed by atoms with Crippen molar-refractivity contribution in [3.63, 3.8) is 0 Å². The van der Waals surface area contributed by atoms with Crippen molar-refractivity contribution < 1.29 is 13.2 Å². The Bertz CT molecular complexity index is 551. The van der Waals surface area contributed by atoms with Crippen LogP contribution in [0.4, 0.5) is 0 Å². The Labute approximate surface area is 120 Å². The topological polar surface area (TPSA) is 73.2 Å². The van der Waals surface area contributed by atoms with E-state index in [4.69, 9.17) is 4.74 Å². The van der Waals surface area contributed by atoms with Crippen molar-refractivity contribution in [3.8, 4) is 0 Å². The molecular weight excluding hydrogens is 278 g/mol. The molecule has 1 N–H and O–H groups in total. The Morgan fingerprint density at radius 1 is 1.55 bits per heavy atom. The van der Waals surface area contributed by atoms with Crippen LogP contribution >= 0.6 is 0 Å². The Balaban J connectivity index is 2.09. The molecule has 2 rings (SSSR count). The van der Waals surface area contributed by atoms with Gasteiger partial charge in [-0.05, 0) is 33.7 Å². The lowest BCUT2D eigenvalue weighted by Crippen LogP contribution is -2.34. The molecule has 1 fully saturated rings. The van der Waals surface area contributed by atoms with E-state index >= 15 is 0 Å². The van der Waals surface area contributed by atoms with Gasteiger partial charge >= 0.3 is 0 Å². The SMILES string of the molecule is CNS(=O)(=O)CCn1ccnc1[C@@H]1CCOC(C)(C)C1. The molecule has 0 spiro atoms. The molecule has 6 nitrogen and oxygen atoms in total. The zero-order valence-corrected chi connectivity index (χ0v) is 13.1. The molecule has 20 heavy (non-hydrogen) atoms. The standard InChI is InChI=1S/C13H23N3O3S/c1-13(2)10-11(4-8-19-13)12-15-5-6-16(12)7-9-20(17,18)14-3/h5-6,11,14H,4,7-10H2,1-3H3/t11-/m1/s1. The van der Waals surface area contributed by atoms with Gasteiger partial charge in [0.2, 0.25) is 10.0 Å². The van der Waals surface area contributed by atoms with Gasteiger partial charge in [-0.15, -0.1) is 0 Å². The van der Waals surface area contributed by atoms with Gasteiger partial charge in [-0.25, -0.2) is 18.1 Å². The maximum atomic E-state index is 11.5. The summed E-state index contributed by atoms with van der Waals surface area (Å²) in [7, 11) is -1.75. The second kappa shape index (κ2) is 5.83. The molecule has 114 valence electrons. The number of imidazole rings is 1. The third-order valence-corrected chi connectivity index (χ3v) is 5.06. The largest absolute Gasteiger partial charge is 0.376 e. The molecule has 1 aromatic heterocycles. The first kappa shape index (κ1) is 15.5. The molecular formula is C13H23N3O3S. The van der Waals surface area contributed by atoms with Gasteiger partial charge in [0.15, 0.2) is 0 Å². The highest BCUT2D eigenvalue weighted by Crippen LogP contribution is 2.34. The van der Waals surface area contributed by atoms with Crippen LogP contribution in [0.3, 0.4) is 0 Å². The monoisotopic (exact) mass is 301 g/mol. The van der Waals surface area contributed by atoms with Crippen LogP contribution in [0.5, 0.6) is 0 Å². The molecule has 0 saturated carbocycles. The van der Waals surface area contributed by atoms with E-state index in [1.807, 2.05) is 10.8 Å². The van der Waals surface area contributed by atoms with E-state index in [0.29, 0.717) is 12.5 Å². The smallest absolute Gasteiger partial charge is 0.213 e. The van der Waals surface area contributed by atoms with Crippen LogP contribution in [-0.2, 0) is 21.3 Å². The van der Waals surface area contributed by atoms with Crippen LogP contribution in [0.25, 0.3) is 0 Å². The zero-order valence-electron chi connectivity index (χ0n) is 12.3. The minimum atomic E-state index is -3.19. The van der Waals surface area contributed by atoms with E-state index in [1.165, 1.54) is 7.05 Å². The predicted octanol–water partition coefficient (Wildman–Crippen LogP) is 1.10. The van der Waals surface area contributed by atoms with Crippen molar-refractivity contribution in [1.29, 1.82) is 0 Å². The van der Waals surface area contributed by atoms with E-state index in [0.717, 1.165) is 25.3 Å². The van der Waals surface area contributed by atoms with Gasteiger partial charge in [0.05, 0.1) is 11.4 Å². The first-order valence-corrected chi connectivity index (χ1v) is 8.54. The van der Waals surface area contributed by atoms with Gasteiger partial charge < -0.3 is 9.30 Å². The van der Waals surface area contributed by atoms with Crippen molar-refractivity contribution in [2.45, 2.75) is 44.8 Å². The van der Waals surface area contributed by atoms with Crippen LogP contribution in [0.2, 0.25) is 0 Å². The first-order chi connectivity index (χ1) is 9.33. The molecule has 0 aromatic carbocycles. The first-order valence-electron chi connectivity index (χ1n) is 6.89. The summed E-state index contributed by atoms with van der Waals surface area (Å²) in [5.41, 5.74) is -0.142. The molecule has 1 atom stereocenters. The summed E-state index contributed by atoms with van der Waals surface area (Å²) in [6, 6.07) is 0. The fourth-order valence-electron chi connectivity index (χ4n) is 2.64. The van der Waals surface area contributed by atoms with Gasteiger partial charge in [-0.2, -0.15) is 0 Å². The summed E-state index contributed by atoms with van der Waals surface area (Å²) < 4.78 is 33.0. The molecule has 1 saturated heterocycles. The fourth-order valence-corrected chi connectivity index (χ4v) is 3.28. The van der Waals surface area contributed by atoms with Crippen LogP contribution < -0.4 is 4.72 Å². The average molecular weight is 301 g/mol. The maximum Gasteiger partial charge on any atom is 0.213 e. The number of aromatic nitrogens is 2. The van der Waals surface area contributed by atoms with E-state index in [9.17, 15) is 8.42 Å². The number of rotatable bonds is 5. The van der Waals surface area contributed by atoms with Gasteiger partial charge in [0.1, 0.15) is 5.82 Å². The normalized spacial score (nSPS) is 22.9. The number of nitrogens with zero attached hydrogens (tertiary/aromatic N) is 2. The minimum absolute atomic E-state index is 0.0689. The highest BCUT2D eigenvalue weighted by atomic mass is 32.2. The molecule has 0 unspecified atom stereocenters. The summed E-state index contributed by atoms with van der Waals surface area (Å²) in [6.07, 6.45) is 5.43. The summed E-state index contributed by atoms with van der Waals surface area (Å²) in [4.78, 5) is 4.42. The molecule has 0 amide bonds. The number of nitrogens with one attached hydrogen (secondary N) is 1. The number of sulfonamides is 1. The van der Waals surface area contributed by atoms with E-state index in [2.05, 4.69) is 23.6 Å². The van der Waals surface area contributed by atoms with Crippen molar-refractivity contribution >= 4 is 10.0 Å². The van der Waals surface area contributed by atoms with Crippen LogP contribution in [-0.4, -0.2) is 43.0 Å². The zero-order chi connectivity index (χ0) is 14.8. The lowest BCUT2D eigenvalue weighted by Gasteiger charge is -2.35. The van der Waals surface area contributed by atoms with Gasteiger partial charge in [0.25, 0.3) is 0 Å². The molecule has 7 heteroatoms. The Hall–Kier alpha value is -0.920. The quantitative estimate of drug-likeness (QED) is 0.884. The minimum Gasteiger partial charge on any atom is -0.376 e. The Morgan fingerprint density at radius 3 is 2.95 bits per heavy atom. The summed E-state index contributed by atoms with van der Waals surface area (Å²) >= 11 is 0. The van der Waals surface area contributed by atoms with Gasteiger partial charge in [-0.3, -0.25) is 0 Å². The van der Waals surface area contributed by atoms with E-state index in [1.54, 1.807) is 6.20 Å². The lowest BCUT2D eigenvalue weighted by atomic mass is 9.88. The van der Waals surface area contributed by atoms with Crippen LogP contribution in [0.15, 0.2) is 12.4 Å². The molecule has 1 aliphatic heterocycles. The molecule has 1 aromatic rings. The van der Waals surface area contributed by atoms with Crippen LogP contribution in [0, 0.1) is 0 Å². The summed E-state index contributed by atoms with van der Waals surface area (Å²) in [5, 5.41) is 0. The molecule has 1 aliphatic rings. The fraction of sp³-hybridized carbons (Fsp3) is 0.769. The lowest BCUT2D eigenvalue weighted by molar-refractivity contribution is -0.0606. The molecule has 0 radical (unpaired) electrons. The number of hydrogen-bond donors (Lipinski definition) is 1. The second-order valence-electron chi connectivity index (χ2n) is 5.80. The predicted molar refractivity (Wildman–Crippen MR) is 77.1 cm³/mol. The van der Waals surface area contributed by atoms with Crippen molar-refractivity contribution in [2.24, 2.45) is 0 Å². The summed E-state index contributed by atoms with van der Waals surface area (Å²) in [6.45, 7) is 5.31. The molecule has 0 aliphatic carbocycles. The number of aryl methyl sites for hydroxylation is 1.